The van der Waals surface area contributed by atoms with Gasteiger partial charge in [-0.25, -0.2) is 4.79 Å². The van der Waals surface area contributed by atoms with Gasteiger partial charge in [-0.15, -0.1) is 0 Å². The first-order valence-corrected chi connectivity index (χ1v) is 11.2. The van der Waals surface area contributed by atoms with Crippen molar-refractivity contribution in [3.8, 4) is 0 Å². The standard InChI is InChI=1S/C24H36N2O4/c1-16-6-5-7-22(19(16)4)25-23(27)15-29-24(28)21-10-8-20(9-11-21)14-26-12-17(2)30-18(3)13-26/h8-11,16-19,22H,5-7,12-15H2,1-4H3,(H,25,27). The molecule has 5 unspecified atom stereocenters. The number of carbonyl (C=O) groups excluding carboxylic acids is 2. The second kappa shape index (κ2) is 10.4. The lowest BCUT2D eigenvalue weighted by Gasteiger charge is -2.35. The summed E-state index contributed by atoms with van der Waals surface area (Å²) in [6.45, 7) is 11.0. The van der Waals surface area contributed by atoms with E-state index < -0.39 is 5.97 Å². The summed E-state index contributed by atoms with van der Waals surface area (Å²) in [7, 11) is 0. The van der Waals surface area contributed by atoms with Crippen LogP contribution in [0.25, 0.3) is 0 Å². The van der Waals surface area contributed by atoms with Gasteiger partial charge in [-0.3, -0.25) is 9.69 Å². The van der Waals surface area contributed by atoms with Crippen molar-refractivity contribution in [3.63, 3.8) is 0 Å². The van der Waals surface area contributed by atoms with Crippen LogP contribution >= 0.6 is 0 Å². The lowest BCUT2D eigenvalue weighted by atomic mass is 9.78. The topological polar surface area (TPSA) is 67.9 Å². The molecule has 2 fully saturated rings. The summed E-state index contributed by atoms with van der Waals surface area (Å²) in [5.41, 5.74) is 1.61. The largest absolute Gasteiger partial charge is 0.452 e. The maximum atomic E-state index is 12.3. The van der Waals surface area contributed by atoms with E-state index in [0.717, 1.165) is 38.0 Å². The fraction of sp³-hybridized carbons (Fsp3) is 0.667. The molecule has 1 aliphatic heterocycles. The minimum absolute atomic E-state index is 0.171. The van der Waals surface area contributed by atoms with Gasteiger partial charge in [0.05, 0.1) is 17.8 Å². The van der Waals surface area contributed by atoms with Crippen molar-refractivity contribution in [1.29, 1.82) is 0 Å². The monoisotopic (exact) mass is 416 g/mol. The number of rotatable bonds is 6. The van der Waals surface area contributed by atoms with Crippen LogP contribution in [0.15, 0.2) is 24.3 Å². The fourth-order valence-electron chi connectivity index (χ4n) is 4.67. The van der Waals surface area contributed by atoms with E-state index in [4.69, 9.17) is 9.47 Å². The molecule has 5 atom stereocenters. The third-order valence-corrected chi connectivity index (χ3v) is 6.48. The molecule has 0 spiro atoms. The molecule has 6 nitrogen and oxygen atoms in total. The Kier molecular flexibility index (Phi) is 7.89. The minimum Gasteiger partial charge on any atom is -0.452 e. The first-order valence-electron chi connectivity index (χ1n) is 11.2. The normalized spacial score (nSPS) is 29.9. The van der Waals surface area contributed by atoms with Crippen molar-refractivity contribution >= 4 is 11.9 Å². The average molecular weight is 417 g/mol. The second-order valence-corrected chi connectivity index (χ2v) is 9.17. The van der Waals surface area contributed by atoms with E-state index in [1.165, 1.54) is 6.42 Å². The van der Waals surface area contributed by atoms with Gasteiger partial charge in [0.1, 0.15) is 0 Å². The number of esters is 1. The van der Waals surface area contributed by atoms with Crippen LogP contribution in [0.4, 0.5) is 0 Å². The van der Waals surface area contributed by atoms with Gasteiger partial charge in [0, 0.05) is 25.7 Å². The van der Waals surface area contributed by atoms with Crippen molar-refractivity contribution in [2.75, 3.05) is 19.7 Å². The molecule has 30 heavy (non-hydrogen) atoms. The molecule has 1 saturated carbocycles. The van der Waals surface area contributed by atoms with Crippen molar-refractivity contribution in [2.45, 2.75) is 71.8 Å². The van der Waals surface area contributed by atoms with Gasteiger partial charge in [0.25, 0.3) is 5.91 Å². The van der Waals surface area contributed by atoms with Gasteiger partial charge in [-0.05, 0) is 49.8 Å². The van der Waals surface area contributed by atoms with Crippen LogP contribution in [0.3, 0.4) is 0 Å². The summed E-state index contributed by atoms with van der Waals surface area (Å²) in [5.74, 6) is 0.370. The number of benzene rings is 1. The van der Waals surface area contributed by atoms with Gasteiger partial charge in [0.2, 0.25) is 0 Å². The Balaban J connectivity index is 1.44. The summed E-state index contributed by atoms with van der Waals surface area (Å²) in [6, 6.07) is 7.62. The third kappa shape index (κ3) is 6.29. The molecule has 1 aromatic rings. The molecular formula is C24H36N2O4. The Labute approximate surface area is 180 Å². The Morgan fingerprint density at radius 1 is 1.07 bits per heavy atom. The number of nitrogens with zero attached hydrogens (tertiary/aromatic N) is 1. The predicted molar refractivity (Wildman–Crippen MR) is 116 cm³/mol. The van der Waals surface area contributed by atoms with E-state index >= 15 is 0 Å². The molecule has 0 radical (unpaired) electrons. The van der Waals surface area contributed by atoms with E-state index in [1.807, 2.05) is 12.1 Å². The summed E-state index contributed by atoms with van der Waals surface area (Å²) in [4.78, 5) is 26.9. The number of hydrogen-bond acceptors (Lipinski definition) is 5. The first-order chi connectivity index (χ1) is 14.3. The molecule has 166 valence electrons. The number of ether oxygens (including phenoxy) is 2. The lowest BCUT2D eigenvalue weighted by molar-refractivity contribution is -0.125. The van der Waals surface area contributed by atoms with E-state index in [-0.39, 0.29) is 30.8 Å². The summed E-state index contributed by atoms with van der Waals surface area (Å²) >= 11 is 0. The number of nitrogens with one attached hydrogen (secondary N) is 1. The zero-order chi connectivity index (χ0) is 21.7. The first kappa shape index (κ1) is 22.8. The van der Waals surface area contributed by atoms with E-state index in [2.05, 4.69) is 37.9 Å². The van der Waals surface area contributed by atoms with Crippen LogP contribution in [0.1, 0.15) is 62.9 Å². The third-order valence-electron chi connectivity index (χ3n) is 6.48. The molecule has 6 heteroatoms. The van der Waals surface area contributed by atoms with Gasteiger partial charge >= 0.3 is 5.97 Å². The average Bonchev–Trinajstić information content (AvgIpc) is 2.69. The molecule has 2 aliphatic rings. The zero-order valence-corrected chi connectivity index (χ0v) is 18.7. The summed E-state index contributed by atoms with van der Waals surface area (Å²) in [5, 5.41) is 3.04. The Hall–Kier alpha value is -1.92. The zero-order valence-electron chi connectivity index (χ0n) is 18.7. The summed E-state index contributed by atoms with van der Waals surface area (Å²) in [6.07, 6.45) is 3.79. The highest BCUT2D eigenvalue weighted by atomic mass is 16.5. The lowest BCUT2D eigenvalue weighted by Crippen LogP contribution is -2.45. The number of morpholine rings is 1. The van der Waals surface area contributed by atoms with E-state index in [0.29, 0.717) is 17.4 Å². The Morgan fingerprint density at radius 3 is 2.40 bits per heavy atom. The van der Waals surface area contributed by atoms with E-state index in [1.54, 1.807) is 12.1 Å². The van der Waals surface area contributed by atoms with Crippen molar-refractivity contribution in [3.05, 3.63) is 35.4 Å². The number of carbonyl (C=O) groups is 2. The maximum absolute atomic E-state index is 12.3. The molecule has 1 heterocycles. The minimum atomic E-state index is -0.463. The highest BCUT2D eigenvalue weighted by molar-refractivity contribution is 5.91. The number of hydrogen-bond donors (Lipinski definition) is 1. The van der Waals surface area contributed by atoms with Crippen LogP contribution < -0.4 is 5.32 Å². The molecule has 3 rings (SSSR count). The van der Waals surface area contributed by atoms with Crippen LogP contribution in [-0.4, -0.2) is 54.7 Å². The maximum Gasteiger partial charge on any atom is 0.338 e. The molecule has 1 N–H and O–H groups in total. The summed E-state index contributed by atoms with van der Waals surface area (Å²) < 4.78 is 11.0. The quantitative estimate of drug-likeness (QED) is 0.720. The molecule has 0 bridgehead atoms. The molecule has 0 aromatic heterocycles. The van der Waals surface area contributed by atoms with Gasteiger partial charge in [0.15, 0.2) is 6.61 Å². The van der Waals surface area contributed by atoms with Crippen LogP contribution in [0.5, 0.6) is 0 Å². The molecule has 1 amide bonds. The van der Waals surface area contributed by atoms with Crippen LogP contribution in [0.2, 0.25) is 0 Å². The van der Waals surface area contributed by atoms with Gasteiger partial charge < -0.3 is 14.8 Å². The number of amides is 1. The van der Waals surface area contributed by atoms with Gasteiger partial charge in [-0.2, -0.15) is 0 Å². The van der Waals surface area contributed by atoms with Crippen molar-refractivity contribution < 1.29 is 19.1 Å². The Bertz CT molecular complexity index is 710. The van der Waals surface area contributed by atoms with Crippen LogP contribution in [0, 0.1) is 11.8 Å². The van der Waals surface area contributed by atoms with Gasteiger partial charge in [-0.1, -0.05) is 38.8 Å². The molecular weight excluding hydrogens is 380 g/mol. The SMILES string of the molecule is CC1CN(Cc2ccc(C(=O)OCC(=O)NC3CCCC(C)C3C)cc2)CC(C)O1. The van der Waals surface area contributed by atoms with Crippen molar-refractivity contribution in [2.24, 2.45) is 11.8 Å². The molecule has 1 aromatic carbocycles. The highest BCUT2D eigenvalue weighted by Gasteiger charge is 2.28. The fourth-order valence-corrected chi connectivity index (χ4v) is 4.67. The highest BCUT2D eigenvalue weighted by Crippen LogP contribution is 2.29. The second-order valence-electron chi connectivity index (χ2n) is 9.17. The Morgan fingerprint density at radius 2 is 1.73 bits per heavy atom. The van der Waals surface area contributed by atoms with Crippen LogP contribution in [-0.2, 0) is 20.8 Å². The predicted octanol–water partition coefficient (Wildman–Crippen LogP) is 3.39. The van der Waals surface area contributed by atoms with E-state index in [9.17, 15) is 9.59 Å². The molecule has 1 aliphatic carbocycles. The van der Waals surface area contributed by atoms with Crippen molar-refractivity contribution in [1.82, 2.24) is 10.2 Å². The molecule has 1 saturated heterocycles. The smallest absolute Gasteiger partial charge is 0.338 e.